The number of benzene rings is 1. The van der Waals surface area contributed by atoms with Crippen molar-refractivity contribution in [1.82, 2.24) is 9.21 Å². The maximum atomic E-state index is 12.9. The molecule has 1 saturated heterocycles. The molecule has 1 heterocycles. The van der Waals surface area contributed by atoms with Crippen molar-refractivity contribution in [2.45, 2.75) is 55.5 Å². The topological polar surface area (TPSA) is 66.9 Å². The summed E-state index contributed by atoms with van der Waals surface area (Å²) in [5, 5.41) is 0.680. The SMILES string of the molecule is CN(C(=O)OC(C)(C)C)[C@H]1CCCN(S(=O)(=O)c2ccc(CBr)cc2)C1. The zero-order valence-electron chi connectivity index (χ0n) is 15.7. The summed E-state index contributed by atoms with van der Waals surface area (Å²) in [6.45, 7) is 6.17. The first-order valence-corrected chi connectivity index (χ1v) is 11.2. The van der Waals surface area contributed by atoms with E-state index in [-0.39, 0.29) is 17.5 Å². The average molecular weight is 447 g/mol. The van der Waals surface area contributed by atoms with Crippen LogP contribution in [-0.2, 0) is 20.1 Å². The number of sulfonamides is 1. The first-order chi connectivity index (χ1) is 12.0. The molecule has 1 atom stereocenters. The van der Waals surface area contributed by atoms with Crippen molar-refractivity contribution in [2.75, 3.05) is 20.1 Å². The summed E-state index contributed by atoms with van der Waals surface area (Å²) >= 11 is 3.36. The number of hydrogen-bond donors (Lipinski definition) is 0. The third kappa shape index (κ3) is 5.20. The van der Waals surface area contributed by atoms with Crippen LogP contribution in [0.1, 0.15) is 39.2 Å². The second-order valence-electron chi connectivity index (χ2n) is 7.53. The second-order valence-corrected chi connectivity index (χ2v) is 10.0. The predicted molar refractivity (Wildman–Crippen MR) is 105 cm³/mol. The average Bonchev–Trinajstić information content (AvgIpc) is 2.59. The number of carbonyl (C=O) groups excluding carboxylic acids is 1. The molecular weight excluding hydrogens is 420 g/mol. The molecule has 0 N–H and O–H groups in total. The fourth-order valence-corrected chi connectivity index (χ4v) is 4.73. The van der Waals surface area contributed by atoms with Gasteiger partial charge in [0.25, 0.3) is 0 Å². The maximum absolute atomic E-state index is 12.9. The van der Waals surface area contributed by atoms with E-state index in [1.54, 1.807) is 31.3 Å². The number of alkyl halides is 1. The molecule has 1 amide bonds. The minimum Gasteiger partial charge on any atom is -0.444 e. The fraction of sp³-hybridized carbons (Fsp3) is 0.611. The fourth-order valence-electron chi connectivity index (χ4n) is 2.84. The normalized spacial score (nSPS) is 19.2. The van der Waals surface area contributed by atoms with E-state index < -0.39 is 21.7 Å². The smallest absolute Gasteiger partial charge is 0.410 e. The van der Waals surface area contributed by atoms with Gasteiger partial charge in [0.2, 0.25) is 10.0 Å². The standard InChI is InChI=1S/C18H27BrN2O4S/c1-18(2,3)25-17(22)20(4)15-6-5-11-21(13-15)26(23,24)16-9-7-14(12-19)8-10-16/h7-10,15H,5-6,11-13H2,1-4H3/t15-/m0/s1. The van der Waals surface area contributed by atoms with E-state index >= 15 is 0 Å². The third-order valence-electron chi connectivity index (χ3n) is 4.30. The molecule has 0 saturated carbocycles. The van der Waals surface area contributed by atoms with Gasteiger partial charge < -0.3 is 9.64 Å². The van der Waals surface area contributed by atoms with Gasteiger partial charge in [-0.3, -0.25) is 0 Å². The maximum Gasteiger partial charge on any atom is 0.410 e. The molecule has 6 nitrogen and oxygen atoms in total. The van der Waals surface area contributed by atoms with Gasteiger partial charge in [-0.05, 0) is 51.3 Å². The van der Waals surface area contributed by atoms with Crippen molar-refractivity contribution in [1.29, 1.82) is 0 Å². The zero-order valence-corrected chi connectivity index (χ0v) is 18.1. The van der Waals surface area contributed by atoms with Crippen LogP contribution in [0.5, 0.6) is 0 Å². The van der Waals surface area contributed by atoms with Crippen molar-refractivity contribution in [3.63, 3.8) is 0 Å². The van der Waals surface area contributed by atoms with Crippen molar-refractivity contribution in [3.05, 3.63) is 29.8 Å². The van der Waals surface area contributed by atoms with Gasteiger partial charge in [0, 0.05) is 31.5 Å². The minimum atomic E-state index is -3.58. The number of rotatable bonds is 4. The first-order valence-electron chi connectivity index (χ1n) is 8.65. The summed E-state index contributed by atoms with van der Waals surface area (Å²) in [6, 6.07) is 6.67. The molecule has 8 heteroatoms. The van der Waals surface area contributed by atoms with Crippen LogP contribution in [0.3, 0.4) is 0 Å². The van der Waals surface area contributed by atoms with Crippen LogP contribution in [0.2, 0.25) is 0 Å². The number of carbonyl (C=O) groups is 1. The van der Waals surface area contributed by atoms with Crippen LogP contribution in [0, 0.1) is 0 Å². The molecule has 146 valence electrons. The summed E-state index contributed by atoms with van der Waals surface area (Å²) in [5.41, 5.74) is 0.438. The Hall–Kier alpha value is -1.12. The summed E-state index contributed by atoms with van der Waals surface area (Å²) in [7, 11) is -1.91. The summed E-state index contributed by atoms with van der Waals surface area (Å²) in [4.78, 5) is 14.1. The highest BCUT2D eigenvalue weighted by Gasteiger charge is 2.34. The highest BCUT2D eigenvalue weighted by molar-refractivity contribution is 9.08. The molecule has 1 aromatic rings. The Bertz CT molecular complexity index is 729. The summed E-state index contributed by atoms with van der Waals surface area (Å²) in [6.07, 6.45) is 1.03. The largest absolute Gasteiger partial charge is 0.444 e. The lowest BCUT2D eigenvalue weighted by atomic mass is 10.1. The quantitative estimate of drug-likeness (QED) is 0.662. The van der Waals surface area contributed by atoms with E-state index in [4.69, 9.17) is 4.74 Å². The van der Waals surface area contributed by atoms with Gasteiger partial charge in [-0.1, -0.05) is 28.1 Å². The molecule has 2 rings (SSSR count). The Morgan fingerprint density at radius 1 is 1.31 bits per heavy atom. The Balaban J connectivity index is 2.12. The molecular formula is C18H27BrN2O4S. The number of nitrogens with zero attached hydrogens (tertiary/aromatic N) is 2. The molecule has 0 aliphatic carbocycles. The molecule has 26 heavy (non-hydrogen) atoms. The lowest BCUT2D eigenvalue weighted by Crippen LogP contribution is -2.51. The highest BCUT2D eigenvalue weighted by Crippen LogP contribution is 2.24. The Morgan fingerprint density at radius 2 is 1.92 bits per heavy atom. The first kappa shape index (κ1) is 21.2. The number of piperidine rings is 1. The van der Waals surface area contributed by atoms with Gasteiger partial charge in [0.05, 0.1) is 4.90 Å². The predicted octanol–water partition coefficient (Wildman–Crippen LogP) is 3.60. The number of hydrogen-bond acceptors (Lipinski definition) is 4. The summed E-state index contributed by atoms with van der Waals surface area (Å²) < 4.78 is 32.7. The van der Waals surface area contributed by atoms with E-state index in [1.807, 2.05) is 20.8 Å². The number of halogens is 1. The van der Waals surface area contributed by atoms with Crippen molar-refractivity contribution in [3.8, 4) is 0 Å². The van der Waals surface area contributed by atoms with Gasteiger partial charge in [-0.25, -0.2) is 13.2 Å². The van der Waals surface area contributed by atoms with E-state index in [0.29, 0.717) is 18.3 Å². The van der Waals surface area contributed by atoms with E-state index in [1.165, 1.54) is 9.21 Å². The van der Waals surface area contributed by atoms with Gasteiger partial charge in [-0.2, -0.15) is 4.31 Å². The molecule has 1 fully saturated rings. The number of amides is 1. The lowest BCUT2D eigenvalue weighted by Gasteiger charge is -2.37. The number of ether oxygens (including phenoxy) is 1. The molecule has 0 bridgehead atoms. The second kappa shape index (κ2) is 8.27. The van der Waals surface area contributed by atoms with Crippen LogP contribution < -0.4 is 0 Å². The molecule has 1 aromatic carbocycles. The molecule has 1 aliphatic heterocycles. The van der Waals surface area contributed by atoms with Crippen molar-refractivity contribution in [2.24, 2.45) is 0 Å². The highest BCUT2D eigenvalue weighted by atomic mass is 79.9. The van der Waals surface area contributed by atoms with Crippen LogP contribution >= 0.6 is 15.9 Å². The van der Waals surface area contributed by atoms with E-state index in [0.717, 1.165) is 12.0 Å². The van der Waals surface area contributed by atoms with Crippen molar-refractivity contribution >= 4 is 32.0 Å². The molecule has 0 radical (unpaired) electrons. The Labute approximate surface area is 164 Å². The minimum absolute atomic E-state index is 0.199. The number of likely N-dealkylation sites (N-methyl/N-ethyl adjacent to an activating group) is 1. The van der Waals surface area contributed by atoms with Crippen molar-refractivity contribution < 1.29 is 17.9 Å². The lowest BCUT2D eigenvalue weighted by molar-refractivity contribution is 0.0173. The summed E-state index contributed by atoms with van der Waals surface area (Å²) in [5.74, 6) is 0. The van der Waals surface area contributed by atoms with Gasteiger partial charge in [0.1, 0.15) is 5.60 Å². The monoisotopic (exact) mass is 446 g/mol. The third-order valence-corrected chi connectivity index (χ3v) is 6.83. The van der Waals surface area contributed by atoms with E-state index in [9.17, 15) is 13.2 Å². The Kier molecular flexibility index (Phi) is 6.74. The van der Waals surface area contributed by atoms with Gasteiger partial charge in [-0.15, -0.1) is 0 Å². The van der Waals surface area contributed by atoms with E-state index in [2.05, 4.69) is 15.9 Å². The van der Waals surface area contributed by atoms with Gasteiger partial charge in [0.15, 0.2) is 0 Å². The van der Waals surface area contributed by atoms with Gasteiger partial charge >= 0.3 is 6.09 Å². The van der Waals surface area contributed by atoms with Crippen LogP contribution in [-0.4, -0.2) is 55.5 Å². The molecule has 0 unspecified atom stereocenters. The molecule has 0 aromatic heterocycles. The molecule has 0 spiro atoms. The van der Waals surface area contributed by atoms with Crippen LogP contribution in [0.15, 0.2) is 29.2 Å². The van der Waals surface area contributed by atoms with Crippen LogP contribution in [0.4, 0.5) is 4.79 Å². The molecule has 1 aliphatic rings. The zero-order chi connectivity index (χ0) is 19.5. The Morgan fingerprint density at radius 3 is 2.46 bits per heavy atom. The van der Waals surface area contributed by atoms with Crippen LogP contribution in [0.25, 0.3) is 0 Å².